The zero-order chi connectivity index (χ0) is 13.1. The Labute approximate surface area is 106 Å². The van der Waals surface area contributed by atoms with Crippen LogP contribution in [-0.4, -0.2) is 46.8 Å². The quantitative estimate of drug-likeness (QED) is 0.854. The molecule has 18 heavy (non-hydrogen) atoms. The van der Waals surface area contributed by atoms with Crippen molar-refractivity contribution < 1.29 is 14.6 Å². The molecular weight excluding hydrogens is 234 g/mol. The molecule has 6 heteroatoms. The van der Waals surface area contributed by atoms with Crippen LogP contribution in [0.3, 0.4) is 0 Å². The lowest BCUT2D eigenvalue weighted by Gasteiger charge is -2.16. The summed E-state index contributed by atoms with van der Waals surface area (Å²) in [4.78, 5) is 16.6. The van der Waals surface area contributed by atoms with E-state index in [-0.39, 0.29) is 12.1 Å². The highest BCUT2D eigenvalue weighted by Gasteiger charge is 2.32. The van der Waals surface area contributed by atoms with E-state index in [4.69, 9.17) is 9.84 Å². The van der Waals surface area contributed by atoms with Gasteiger partial charge < -0.3 is 20.1 Å². The molecule has 2 rings (SSSR count). The first-order chi connectivity index (χ1) is 8.60. The van der Waals surface area contributed by atoms with Gasteiger partial charge in [-0.3, -0.25) is 0 Å². The third-order valence-electron chi connectivity index (χ3n) is 3.14. The van der Waals surface area contributed by atoms with E-state index in [0.717, 1.165) is 12.2 Å². The summed E-state index contributed by atoms with van der Waals surface area (Å²) in [5, 5.41) is 12.2. The Morgan fingerprint density at radius 2 is 2.44 bits per heavy atom. The number of nitrogens with zero attached hydrogens (tertiary/aromatic N) is 2. The molecule has 0 radical (unpaired) electrons. The number of anilines is 1. The zero-order valence-electron chi connectivity index (χ0n) is 10.5. The van der Waals surface area contributed by atoms with Crippen molar-refractivity contribution in [3.8, 4) is 5.75 Å². The van der Waals surface area contributed by atoms with Crippen molar-refractivity contribution in [1.82, 2.24) is 9.88 Å². The van der Waals surface area contributed by atoms with E-state index < -0.39 is 6.09 Å². The van der Waals surface area contributed by atoms with E-state index in [0.29, 0.717) is 12.4 Å². The lowest BCUT2D eigenvalue weighted by atomic mass is 10.2. The normalized spacial score (nSPS) is 22.9. The number of pyridine rings is 1. The smallest absolute Gasteiger partial charge is 0.407 e. The molecule has 98 valence electrons. The Morgan fingerprint density at radius 3 is 3.06 bits per heavy atom. The zero-order valence-corrected chi connectivity index (χ0v) is 10.5. The molecule has 2 heterocycles. The van der Waals surface area contributed by atoms with Gasteiger partial charge in [0.05, 0.1) is 7.11 Å². The number of likely N-dealkylation sites (tertiary alicyclic amines) is 1. The predicted molar refractivity (Wildman–Crippen MR) is 67.0 cm³/mol. The Balaban J connectivity index is 2.00. The molecule has 1 fully saturated rings. The SMILES string of the molecule is COc1ccnc(NC2CC(C)N(C(=O)O)C2)c1. The molecule has 2 N–H and O–H groups in total. The first-order valence-electron chi connectivity index (χ1n) is 5.86. The summed E-state index contributed by atoms with van der Waals surface area (Å²) >= 11 is 0. The molecule has 0 bridgehead atoms. The Hall–Kier alpha value is -1.98. The maximum absolute atomic E-state index is 11.0. The summed E-state index contributed by atoms with van der Waals surface area (Å²) in [6.07, 6.45) is 1.57. The van der Waals surface area contributed by atoms with Crippen molar-refractivity contribution in [3.63, 3.8) is 0 Å². The number of carboxylic acid groups (broad SMARTS) is 1. The van der Waals surface area contributed by atoms with Crippen LogP contribution in [0.5, 0.6) is 5.75 Å². The number of rotatable bonds is 3. The standard InChI is InChI=1S/C12H17N3O3/c1-8-5-9(7-15(8)12(16)17)14-11-6-10(18-2)3-4-13-11/h3-4,6,8-9H,5,7H2,1-2H3,(H,13,14)(H,16,17). The minimum Gasteiger partial charge on any atom is -0.497 e. The highest BCUT2D eigenvalue weighted by molar-refractivity contribution is 5.66. The molecule has 6 nitrogen and oxygen atoms in total. The lowest BCUT2D eigenvalue weighted by molar-refractivity contribution is 0.143. The maximum Gasteiger partial charge on any atom is 0.407 e. The van der Waals surface area contributed by atoms with Gasteiger partial charge in [0.15, 0.2) is 0 Å². The molecule has 1 saturated heterocycles. The summed E-state index contributed by atoms with van der Waals surface area (Å²) in [7, 11) is 1.60. The van der Waals surface area contributed by atoms with Gasteiger partial charge in [0, 0.05) is 30.9 Å². The molecule has 0 aromatic carbocycles. The van der Waals surface area contributed by atoms with Crippen molar-refractivity contribution in [2.24, 2.45) is 0 Å². The number of aromatic nitrogens is 1. The summed E-state index contributed by atoms with van der Waals surface area (Å²) in [5.74, 6) is 1.44. The average molecular weight is 251 g/mol. The van der Waals surface area contributed by atoms with Crippen LogP contribution >= 0.6 is 0 Å². The van der Waals surface area contributed by atoms with Crippen LogP contribution in [0.1, 0.15) is 13.3 Å². The molecule has 1 aliphatic heterocycles. The molecule has 0 aliphatic carbocycles. The predicted octanol–water partition coefficient (Wildman–Crippen LogP) is 1.64. The third-order valence-corrected chi connectivity index (χ3v) is 3.14. The average Bonchev–Trinajstić information content (AvgIpc) is 2.70. The van der Waals surface area contributed by atoms with E-state index in [2.05, 4.69) is 10.3 Å². The Morgan fingerprint density at radius 1 is 1.67 bits per heavy atom. The molecule has 1 aromatic heterocycles. The topological polar surface area (TPSA) is 74.7 Å². The number of hydrogen-bond acceptors (Lipinski definition) is 4. The van der Waals surface area contributed by atoms with Crippen molar-refractivity contribution >= 4 is 11.9 Å². The fourth-order valence-electron chi connectivity index (χ4n) is 2.23. The van der Waals surface area contributed by atoms with E-state index in [1.807, 2.05) is 6.92 Å². The lowest BCUT2D eigenvalue weighted by Crippen LogP contribution is -2.33. The van der Waals surface area contributed by atoms with Crippen molar-refractivity contribution in [2.75, 3.05) is 19.0 Å². The van der Waals surface area contributed by atoms with Gasteiger partial charge in [-0.15, -0.1) is 0 Å². The minimum absolute atomic E-state index is 0.0330. The second-order valence-electron chi connectivity index (χ2n) is 4.44. The van der Waals surface area contributed by atoms with Gasteiger partial charge in [-0.2, -0.15) is 0 Å². The van der Waals surface area contributed by atoms with Gasteiger partial charge in [-0.05, 0) is 19.4 Å². The van der Waals surface area contributed by atoms with Crippen LogP contribution in [0, 0.1) is 0 Å². The molecule has 1 aliphatic rings. The molecule has 0 spiro atoms. The maximum atomic E-state index is 11.0. The second kappa shape index (κ2) is 5.12. The molecule has 2 atom stereocenters. The number of carbonyl (C=O) groups is 1. The minimum atomic E-state index is -0.870. The number of methoxy groups -OCH3 is 1. The van der Waals surface area contributed by atoms with Crippen LogP contribution in [0.4, 0.5) is 10.6 Å². The van der Waals surface area contributed by atoms with Crippen molar-refractivity contribution in [2.45, 2.75) is 25.4 Å². The second-order valence-corrected chi connectivity index (χ2v) is 4.44. The Bertz CT molecular complexity index is 438. The highest BCUT2D eigenvalue weighted by atomic mass is 16.5. The summed E-state index contributed by atoms with van der Waals surface area (Å²) in [6, 6.07) is 3.70. The summed E-state index contributed by atoms with van der Waals surface area (Å²) < 4.78 is 5.12. The summed E-state index contributed by atoms with van der Waals surface area (Å²) in [6.45, 7) is 2.39. The first-order valence-corrected chi connectivity index (χ1v) is 5.86. The highest BCUT2D eigenvalue weighted by Crippen LogP contribution is 2.22. The first kappa shape index (κ1) is 12.5. The van der Waals surface area contributed by atoms with Gasteiger partial charge in [0.25, 0.3) is 0 Å². The fraction of sp³-hybridized carbons (Fsp3) is 0.500. The molecular formula is C12H17N3O3. The molecule has 1 aromatic rings. The van der Waals surface area contributed by atoms with Crippen molar-refractivity contribution in [1.29, 1.82) is 0 Å². The largest absolute Gasteiger partial charge is 0.497 e. The van der Waals surface area contributed by atoms with Gasteiger partial charge in [-0.1, -0.05) is 0 Å². The van der Waals surface area contributed by atoms with Gasteiger partial charge in [0.1, 0.15) is 11.6 Å². The van der Waals surface area contributed by atoms with Gasteiger partial charge in [0.2, 0.25) is 0 Å². The fourth-order valence-corrected chi connectivity index (χ4v) is 2.23. The van der Waals surface area contributed by atoms with Gasteiger partial charge in [-0.25, -0.2) is 9.78 Å². The van der Waals surface area contributed by atoms with Crippen LogP contribution in [-0.2, 0) is 0 Å². The number of hydrogen-bond donors (Lipinski definition) is 2. The Kier molecular flexibility index (Phi) is 3.55. The monoisotopic (exact) mass is 251 g/mol. The molecule has 0 saturated carbocycles. The van der Waals surface area contributed by atoms with E-state index in [9.17, 15) is 4.79 Å². The van der Waals surface area contributed by atoms with Crippen LogP contribution in [0.25, 0.3) is 0 Å². The van der Waals surface area contributed by atoms with Crippen LogP contribution in [0.2, 0.25) is 0 Å². The van der Waals surface area contributed by atoms with E-state index in [1.54, 1.807) is 25.4 Å². The molecule has 2 unspecified atom stereocenters. The van der Waals surface area contributed by atoms with Crippen LogP contribution in [0.15, 0.2) is 18.3 Å². The molecule has 1 amide bonds. The number of ether oxygens (including phenoxy) is 1. The van der Waals surface area contributed by atoms with E-state index >= 15 is 0 Å². The summed E-state index contributed by atoms with van der Waals surface area (Å²) in [5.41, 5.74) is 0. The van der Waals surface area contributed by atoms with E-state index in [1.165, 1.54) is 4.90 Å². The van der Waals surface area contributed by atoms with Gasteiger partial charge >= 0.3 is 6.09 Å². The third kappa shape index (κ3) is 2.64. The number of nitrogens with one attached hydrogen (secondary N) is 1. The number of amides is 1. The van der Waals surface area contributed by atoms with Crippen LogP contribution < -0.4 is 10.1 Å². The van der Waals surface area contributed by atoms with Crippen molar-refractivity contribution in [3.05, 3.63) is 18.3 Å².